The van der Waals surface area contributed by atoms with E-state index in [4.69, 9.17) is 0 Å². The monoisotopic (exact) mass is 425 g/mol. The minimum absolute atomic E-state index is 0.0761. The van der Waals surface area contributed by atoms with Crippen molar-refractivity contribution in [1.82, 2.24) is 9.97 Å². The first-order valence-electron chi connectivity index (χ1n) is 8.83. The fraction of sp³-hybridized carbons (Fsp3) is 0.300. The lowest BCUT2D eigenvalue weighted by Crippen LogP contribution is -2.14. The molecule has 0 aliphatic carbocycles. The highest BCUT2D eigenvalue weighted by molar-refractivity contribution is 7.70. The van der Waals surface area contributed by atoms with Gasteiger partial charge in [-0.25, -0.2) is 14.4 Å². The molecule has 1 N–H and O–H groups in total. The van der Waals surface area contributed by atoms with E-state index in [0.29, 0.717) is 28.1 Å². The molecule has 0 bridgehead atoms. The van der Waals surface area contributed by atoms with Crippen LogP contribution in [-0.2, 0) is 10.7 Å². The summed E-state index contributed by atoms with van der Waals surface area (Å²) in [7, 11) is -2.89. The van der Waals surface area contributed by atoms with Crippen molar-refractivity contribution in [2.45, 2.75) is 26.1 Å². The molecule has 9 heteroatoms. The van der Waals surface area contributed by atoms with Gasteiger partial charge in [0.25, 0.3) is 0 Å². The molecule has 154 valence electrons. The molecule has 0 aliphatic rings. The van der Waals surface area contributed by atoms with Gasteiger partial charge in [-0.2, -0.15) is 13.2 Å². The first-order chi connectivity index (χ1) is 13.4. The average Bonchev–Trinajstić information content (AvgIpc) is 2.59. The Morgan fingerprint density at radius 1 is 1.10 bits per heavy atom. The zero-order valence-electron chi connectivity index (χ0n) is 16.3. The van der Waals surface area contributed by atoms with Crippen LogP contribution in [0.15, 0.2) is 36.4 Å². The van der Waals surface area contributed by atoms with Gasteiger partial charge >= 0.3 is 6.18 Å². The van der Waals surface area contributed by atoms with Crippen molar-refractivity contribution in [1.29, 1.82) is 0 Å². The van der Waals surface area contributed by atoms with Crippen LogP contribution in [0.1, 0.15) is 29.9 Å². The number of benzene rings is 2. The predicted octanol–water partition coefficient (Wildman–Crippen LogP) is 5.52. The molecule has 1 unspecified atom stereocenters. The summed E-state index contributed by atoms with van der Waals surface area (Å²) < 4.78 is 65.9. The molecule has 3 rings (SSSR count). The van der Waals surface area contributed by atoms with Crippen LogP contribution in [0.4, 0.5) is 23.4 Å². The molecule has 0 saturated heterocycles. The Hall–Kier alpha value is -2.47. The fourth-order valence-corrected chi connectivity index (χ4v) is 4.07. The van der Waals surface area contributed by atoms with Gasteiger partial charge in [-0.1, -0.05) is 12.1 Å². The summed E-state index contributed by atoms with van der Waals surface area (Å²) in [5.41, 5.74) is 0.00353. The first kappa shape index (κ1) is 21.2. The van der Waals surface area contributed by atoms with Crippen LogP contribution in [0.25, 0.3) is 10.9 Å². The molecule has 0 amide bonds. The molecule has 1 aromatic heterocycles. The van der Waals surface area contributed by atoms with Crippen molar-refractivity contribution in [3.05, 3.63) is 59.2 Å². The number of anilines is 1. The zero-order chi connectivity index (χ0) is 21.6. The van der Waals surface area contributed by atoms with Crippen molar-refractivity contribution >= 4 is 29.2 Å². The van der Waals surface area contributed by atoms with Crippen molar-refractivity contribution in [2.24, 2.45) is 0 Å². The van der Waals surface area contributed by atoms with E-state index in [1.54, 1.807) is 19.9 Å². The lowest BCUT2D eigenvalue weighted by atomic mass is 10.0. The summed E-state index contributed by atoms with van der Waals surface area (Å²) in [6, 6.07) is 7.16. The number of rotatable bonds is 4. The summed E-state index contributed by atoms with van der Waals surface area (Å²) in [5, 5.41) is 3.62. The number of nitrogens with one attached hydrogen (secondary N) is 1. The summed E-state index contributed by atoms with van der Waals surface area (Å²) in [5.74, 6) is 0.104. The number of aromatic nitrogens is 2. The number of aryl methyl sites for hydroxylation is 1. The summed E-state index contributed by atoms with van der Waals surface area (Å²) in [6.07, 6.45) is -4.44. The fourth-order valence-electron chi connectivity index (χ4n) is 3.05. The molecule has 0 spiro atoms. The van der Waals surface area contributed by atoms with Crippen LogP contribution in [0.5, 0.6) is 0 Å². The van der Waals surface area contributed by atoms with Gasteiger partial charge in [-0.05, 0) is 50.9 Å². The highest BCUT2D eigenvalue weighted by Gasteiger charge is 2.30. The first-order valence-corrected chi connectivity index (χ1v) is 11.4. The van der Waals surface area contributed by atoms with Crippen LogP contribution < -0.4 is 10.6 Å². The molecule has 2 aromatic carbocycles. The Kier molecular flexibility index (Phi) is 5.43. The largest absolute Gasteiger partial charge is 0.416 e. The van der Waals surface area contributed by atoms with Gasteiger partial charge in [0, 0.05) is 22.8 Å². The molecule has 0 aliphatic heterocycles. The Balaban J connectivity index is 2.07. The molecule has 0 fully saturated rings. The predicted molar refractivity (Wildman–Crippen MR) is 107 cm³/mol. The second-order valence-electron chi connectivity index (χ2n) is 7.28. The minimum atomic E-state index is -4.44. The van der Waals surface area contributed by atoms with Gasteiger partial charge in [-0.15, -0.1) is 0 Å². The minimum Gasteiger partial charge on any atom is -0.363 e. The van der Waals surface area contributed by atoms with E-state index in [-0.39, 0.29) is 5.30 Å². The Morgan fingerprint density at radius 3 is 2.41 bits per heavy atom. The highest BCUT2D eigenvalue weighted by Crippen LogP contribution is 2.38. The molecule has 3 aromatic rings. The van der Waals surface area contributed by atoms with E-state index in [1.165, 1.54) is 31.5 Å². The smallest absolute Gasteiger partial charge is 0.363 e. The van der Waals surface area contributed by atoms with E-state index in [2.05, 4.69) is 15.3 Å². The molecular formula is C20H20F4N3OP. The summed E-state index contributed by atoms with van der Waals surface area (Å²) >= 11 is 0. The van der Waals surface area contributed by atoms with Gasteiger partial charge in [-0.3, -0.25) is 0 Å². The molecule has 1 heterocycles. The van der Waals surface area contributed by atoms with Gasteiger partial charge in [0.1, 0.15) is 24.6 Å². The third kappa shape index (κ3) is 4.58. The maximum Gasteiger partial charge on any atom is 0.416 e. The third-order valence-electron chi connectivity index (χ3n) is 4.52. The maximum absolute atomic E-state index is 14.4. The normalized spacial score (nSPS) is 13.5. The van der Waals surface area contributed by atoms with Crippen molar-refractivity contribution in [3.8, 4) is 0 Å². The number of halogens is 4. The number of alkyl halides is 3. The quantitative estimate of drug-likeness (QED) is 0.442. The zero-order valence-corrected chi connectivity index (χ0v) is 17.2. The molecule has 1 atom stereocenters. The number of hydrogen-bond acceptors (Lipinski definition) is 4. The van der Waals surface area contributed by atoms with Crippen LogP contribution in [0.2, 0.25) is 0 Å². The van der Waals surface area contributed by atoms with E-state index < -0.39 is 30.7 Å². The Labute approximate surface area is 165 Å². The van der Waals surface area contributed by atoms with Crippen molar-refractivity contribution in [3.63, 3.8) is 0 Å². The Morgan fingerprint density at radius 2 is 1.79 bits per heavy atom. The van der Waals surface area contributed by atoms with Crippen molar-refractivity contribution < 1.29 is 22.1 Å². The van der Waals surface area contributed by atoms with Crippen LogP contribution >= 0.6 is 7.14 Å². The summed E-state index contributed by atoms with van der Waals surface area (Å²) in [6.45, 7) is 6.26. The SMILES string of the molecule is Cc1nc(NC(C)c2cccc(C(F)(F)F)c2)c2cc(P(C)(C)=O)c(F)cc2n1. The van der Waals surface area contributed by atoms with Crippen LogP contribution in [0.3, 0.4) is 0 Å². The maximum atomic E-state index is 14.4. The standard InChI is InChI=1S/C20H20F4N3OP/c1-11(13-6-5-7-14(8-13)20(22,23)24)25-19-15-9-18(29(3,4)28)16(21)10-17(15)26-12(2)27-19/h5-11H,1-4H3,(H,25,26,27). The second kappa shape index (κ2) is 7.41. The van der Waals surface area contributed by atoms with E-state index in [1.807, 2.05) is 0 Å². The molecule has 29 heavy (non-hydrogen) atoms. The topological polar surface area (TPSA) is 54.9 Å². The highest BCUT2D eigenvalue weighted by atomic mass is 31.2. The lowest BCUT2D eigenvalue weighted by molar-refractivity contribution is -0.137. The number of fused-ring (bicyclic) bond motifs is 1. The molecular weight excluding hydrogens is 405 g/mol. The molecule has 0 radical (unpaired) electrons. The van der Waals surface area contributed by atoms with E-state index in [0.717, 1.165) is 12.1 Å². The number of nitrogens with zero attached hydrogens (tertiary/aromatic N) is 2. The molecule has 4 nitrogen and oxygen atoms in total. The van der Waals surface area contributed by atoms with Crippen molar-refractivity contribution in [2.75, 3.05) is 18.6 Å². The Bertz CT molecular complexity index is 1120. The summed E-state index contributed by atoms with van der Waals surface area (Å²) in [4.78, 5) is 8.55. The van der Waals surface area contributed by atoms with Gasteiger partial charge in [0.05, 0.1) is 11.1 Å². The van der Waals surface area contributed by atoms with Gasteiger partial charge in [0.15, 0.2) is 0 Å². The molecule has 0 saturated carbocycles. The average molecular weight is 425 g/mol. The lowest BCUT2D eigenvalue weighted by Gasteiger charge is -2.19. The van der Waals surface area contributed by atoms with E-state index >= 15 is 0 Å². The second-order valence-corrected chi connectivity index (χ2v) is 10.5. The number of hydrogen-bond donors (Lipinski definition) is 1. The van der Waals surface area contributed by atoms with E-state index in [9.17, 15) is 22.1 Å². The van der Waals surface area contributed by atoms with Gasteiger partial charge in [0.2, 0.25) is 0 Å². The third-order valence-corrected chi connectivity index (χ3v) is 6.03. The van der Waals surface area contributed by atoms with Crippen LogP contribution in [0, 0.1) is 12.7 Å². The van der Waals surface area contributed by atoms with Gasteiger partial charge < -0.3 is 9.88 Å². The van der Waals surface area contributed by atoms with Crippen LogP contribution in [-0.4, -0.2) is 23.3 Å².